The number of benzene rings is 1. The van der Waals surface area contributed by atoms with Crippen LogP contribution in [0.15, 0.2) is 29.2 Å². The first-order valence-corrected chi connectivity index (χ1v) is 8.75. The Labute approximate surface area is 148 Å². The molecule has 1 fully saturated rings. The summed E-state index contributed by atoms with van der Waals surface area (Å²) in [5, 5.41) is 0.756. The minimum Gasteiger partial charge on any atom is -0.342 e. The van der Waals surface area contributed by atoms with Crippen LogP contribution in [0.4, 0.5) is 0 Å². The number of carbonyl (C=O) groups excluding carboxylic acids is 1. The van der Waals surface area contributed by atoms with Crippen LogP contribution in [0.2, 0.25) is 5.02 Å². The third-order valence-electron chi connectivity index (χ3n) is 4.02. The topological polar surface area (TPSA) is 46.3 Å². The Morgan fingerprint density at radius 2 is 2.09 bits per heavy atom. The molecule has 1 aromatic carbocycles. The van der Waals surface area contributed by atoms with E-state index >= 15 is 0 Å². The Hall–Kier alpha value is -0.420. The van der Waals surface area contributed by atoms with Gasteiger partial charge in [-0.2, -0.15) is 0 Å². The largest absolute Gasteiger partial charge is 0.342 e. The first-order chi connectivity index (χ1) is 10.0. The molecule has 1 aliphatic rings. The summed E-state index contributed by atoms with van der Waals surface area (Å²) < 4.78 is 0. The number of halogens is 2. The summed E-state index contributed by atoms with van der Waals surface area (Å²) in [4.78, 5) is 15.3. The Kier molecular flexibility index (Phi) is 8.04. The molecule has 124 valence electrons. The smallest absolute Gasteiger partial charge is 0.222 e. The van der Waals surface area contributed by atoms with Gasteiger partial charge < -0.3 is 10.6 Å². The van der Waals surface area contributed by atoms with Gasteiger partial charge in [0.05, 0.1) is 0 Å². The van der Waals surface area contributed by atoms with Crippen LogP contribution in [0.3, 0.4) is 0 Å². The average Bonchev–Trinajstić information content (AvgIpc) is 2.89. The van der Waals surface area contributed by atoms with Crippen molar-refractivity contribution < 1.29 is 4.79 Å². The zero-order valence-electron chi connectivity index (χ0n) is 12.9. The molecular weight excluding hydrogens is 339 g/mol. The monoisotopic (exact) mass is 362 g/mol. The van der Waals surface area contributed by atoms with Gasteiger partial charge in [-0.1, -0.05) is 18.5 Å². The second-order valence-corrected chi connectivity index (χ2v) is 7.59. The molecule has 1 atom stereocenters. The first kappa shape index (κ1) is 19.6. The molecule has 0 bridgehead atoms. The molecule has 1 unspecified atom stereocenters. The van der Waals surface area contributed by atoms with Gasteiger partial charge in [0.15, 0.2) is 0 Å². The van der Waals surface area contributed by atoms with Gasteiger partial charge in [0.25, 0.3) is 0 Å². The highest BCUT2D eigenvalue weighted by molar-refractivity contribution is 7.99. The maximum absolute atomic E-state index is 12.2. The molecule has 2 N–H and O–H groups in total. The second kappa shape index (κ2) is 9.02. The maximum atomic E-state index is 12.2. The number of nitrogens with zero attached hydrogens (tertiary/aromatic N) is 1. The molecule has 0 aliphatic carbocycles. The standard InChI is InChI=1S/C16H23ClN2OS.ClH/c1-16(11-18)8-9-19(12-16)15(20)3-2-10-21-14-6-4-13(17)5-7-14;/h4-7H,2-3,8-12,18H2,1H3;1H. The van der Waals surface area contributed by atoms with Crippen molar-refractivity contribution in [3.8, 4) is 0 Å². The van der Waals surface area contributed by atoms with Crippen LogP contribution in [0, 0.1) is 5.41 Å². The van der Waals surface area contributed by atoms with Crippen molar-refractivity contribution in [3.05, 3.63) is 29.3 Å². The van der Waals surface area contributed by atoms with Crippen LogP contribution in [0.1, 0.15) is 26.2 Å². The lowest BCUT2D eigenvalue weighted by atomic mass is 9.90. The summed E-state index contributed by atoms with van der Waals surface area (Å²) >= 11 is 7.62. The molecule has 1 amide bonds. The van der Waals surface area contributed by atoms with E-state index in [1.54, 1.807) is 11.8 Å². The zero-order valence-corrected chi connectivity index (χ0v) is 15.3. The molecule has 1 aliphatic heterocycles. The van der Waals surface area contributed by atoms with Crippen LogP contribution < -0.4 is 5.73 Å². The first-order valence-electron chi connectivity index (χ1n) is 7.39. The number of likely N-dealkylation sites (tertiary alicyclic amines) is 1. The van der Waals surface area contributed by atoms with Crippen molar-refractivity contribution in [2.45, 2.75) is 31.1 Å². The predicted molar refractivity (Wildman–Crippen MR) is 97.0 cm³/mol. The van der Waals surface area contributed by atoms with Crippen LogP contribution >= 0.6 is 35.8 Å². The van der Waals surface area contributed by atoms with E-state index in [4.69, 9.17) is 17.3 Å². The summed E-state index contributed by atoms with van der Waals surface area (Å²) in [6.07, 6.45) is 2.55. The van der Waals surface area contributed by atoms with Crippen molar-refractivity contribution in [2.75, 3.05) is 25.4 Å². The normalized spacial score (nSPS) is 20.8. The Balaban J connectivity index is 0.00000242. The molecule has 2 rings (SSSR count). The molecule has 3 nitrogen and oxygen atoms in total. The Morgan fingerprint density at radius 3 is 2.68 bits per heavy atom. The summed E-state index contributed by atoms with van der Waals surface area (Å²) in [6, 6.07) is 7.82. The van der Waals surface area contributed by atoms with Gasteiger partial charge >= 0.3 is 0 Å². The fraction of sp³-hybridized carbons (Fsp3) is 0.562. The molecule has 0 saturated carbocycles. The van der Waals surface area contributed by atoms with Crippen molar-refractivity contribution >= 4 is 41.7 Å². The number of thioether (sulfide) groups is 1. The van der Waals surface area contributed by atoms with E-state index in [1.807, 2.05) is 29.2 Å². The molecule has 0 aromatic heterocycles. The van der Waals surface area contributed by atoms with Gasteiger partial charge in [0, 0.05) is 29.4 Å². The minimum atomic E-state index is 0. The fourth-order valence-electron chi connectivity index (χ4n) is 2.51. The van der Waals surface area contributed by atoms with E-state index in [1.165, 1.54) is 4.90 Å². The van der Waals surface area contributed by atoms with Crippen molar-refractivity contribution in [3.63, 3.8) is 0 Å². The lowest BCUT2D eigenvalue weighted by Crippen LogP contribution is -2.34. The quantitative estimate of drug-likeness (QED) is 0.617. The summed E-state index contributed by atoms with van der Waals surface area (Å²) in [5.41, 5.74) is 5.90. The van der Waals surface area contributed by atoms with Crippen LogP contribution in [0.5, 0.6) is 0 Å². The van der Waals surface area contributed by atoms with E-state index in [-0.39, 0.29) is 23.7 Å². The summed E-state index contributed by atoms with van der Waals surface area (Å²) in [7, 11) is 0. The van der Waals surface area contributed by atoms with E-state index in [9.17, 15) is 4.79 Å². The third kappa shape index (κ3) is 5.65. The van der Waals surface area contributed by atoms with Gasteiger partial charge in [-0.3, -0.25) is 4.79 Å². The second-order valence-electron chi connectivity index (χ2n) is 5.99. The number of amides is 1. The minimum absolute atomic E-state index is 0. The molecular formula is C16H24Cl2N2OS. The Bertz CT molecular complexity index is 484. The van der Waals surface area contributed by atoms with Crippen LogP contribution in [-0.4, -0.2) is 36.2 Å². The highest BCUT2D eigenvalue weighted by atomic mass is 35.5. The maximum Gasteiger partial charge on any atom is 0.222 e. The highest BCUT2D eigenvalue weighted by Crippen LogP contribution is 2.29. The molecule has 1 aromatic rings. The van der Waals surface area contributed by atoms with Crippen molar-refractivity contribution in [2.24, 2.45) is 11.1 Å². The number of carbonyl (C=O) groups is 1. The van der Waals surface area contributed by atoms with Crippen molar-refractivity contribution in [1.29, 1.82) is 0 Å². The van der Waals surface area contributed by atoms with Gasteiger partial charge in [-0.25, -0.2) is 0 Å². The number of nitrogens with two attached hydrogens (primary N) is 1. The highest BCUT2D eigenvalue weighted by Gasteiger charge is 2.34. The molecule has 0 radical (unpaired) electrons. The van der Waals surface area contributed by atoms with Gasteiger partial charge in [0.2, 0.25) is 5.91 Å². The predicted octanol–water partition coefficient (Wildman–Crippen LogP) is 3.83. The number of hydrogen-bond donors (Lipinski definition) is 1. The van der Waals surface area contributed by atoms with Crippen LogP contribution in [-0.2, 0) is 4.79 Å². The molecule has 1 saturated heterocycles. The lowest BCUT2D eigenvalue weighted by molar-refractivity contribution is -0.130. The zero-order chi connectivity index (χ0) is 15.3. The van der Waals surface area contributed by atoms with Crippen molar-refractivity contribution in [1.82, 2.24) is 4.90 Å². The molecule has 0 spiro atoms. The summed E-state index contributed by atoms with van der Waals surface area (Å²) in [5.74, 6) is 1.22. The van der Waals surface area contributed by atoms with E-state index in [2.05, 4.69) is 6.92 Å². The third-order valence-corrected chi connectivity index (χ3v) is 5.37. The van der Waals surface area contributed by atoms with Crippen LogP contribution in [0.25, 0.3) is 0 Å². The van der Waals surface area contributed by atoms with E-state index < -0.39 is 0 Å². The SMILES string of the molecule is CC1(CN)CCN(C(=O)CCCSc2ccc(Cl)cc2)C1.Cl. The van der Waals surface area contributed by atoms with Gasteiger partial charge in [-0.05, 0) is 54.8 Å². The van der Waals surface area contributed by atoms with Gasteiger partial charge in [0.1, 0.15) is 0 Å². The lowest BCUT2D eigenvalue weighted by Gasteiger charge is -2.22. The van der Waals surface area contributed by atoms with E-state index in [0.717, 1.165) is 36.7 Å². The average molecular weight is 363 g/mol. The fourth-order valence-corrected chi connectivity index (χ4v) is 3.48. The van der Waals surface area contributed by atoms with Gasteiger partial charge in [-0.15, -0.1) is 24.2 Å². The number of rotatable bonds is 6. The molecule has 6 heteroatoms. The Morgan fingerprint density at radius 1 is 1.41 bits per heavy atom. The summed E-state index contributed by atoms with van der Waals surface area (Å²) in [6.45, 7) is 4.49. The van der Waals surface area contributed by atoms with E-state index in [0.29, 0.717) is 13.0 Å². The molecule has 22 heavy (non-hydrogen) atoms. The molecule has 1 heterocycles. The number of hydrogen-bond acceptors (Lipinski definition) is 3.